The van der Waals surface area contributed by atoms with Gasteiger partial charge < -0.3 is 15.4 Å². The van der Waals surface area contributed by atoms with Crippen molar-refractivity contribution in [3.05, 3.63) is 54.5 Å². The average molecular weight is 363 g/mol. The van der Waals surface area contributed by atoms with Gasteiger partial charge >= 0.3 is 0 Å². The van der Waals surface area contributed by atoms with E-state index >= 15 is 0 Å². The second-order valence-corrected chi connectivity index (χ2v) is 7.33. The van der Waals surface area contributed by atoms with Gasteiger partial charge in [-0.3, -0.25) is 4.98 Å². The topological polar surface area (TPSA) is 72.0 Å². The van der Waals surface area contributed by atoms with E-state index < -0.39 is 0 Å². The van der Waals surface area contributed by atoms with Gasteiger partial charge in [0.1, 0.15) is 18.0 Å². The highest BCUT2D eigenvalue weighted by atomic mass is 16.5. The molecule has 2 aromatic heterocycles. The first-order chi connectivity index (χ1) is 13.2. The Labute approximate surface area is 159 Å². The van der Waals surface area contributed by atoms with E-state index in [1.807, 2.05) is 18.3 Å². The molecule has 0 bridgehead atoms. The lowest BCUT2D eigenvalue weighted by molar-refractivity contribution is 0.185. The SMILES string of the molecule is CC(C)Nc1cc(N[C@H]2COC[C@H]2Cc2ccnc3ccccc23)ncn1. The predicted molar refractivity (Wildman–Crippen MR) is 108 cm³/mol. The molecule has 1 saturated heterocycles. The van der Waals surface area contributed by atoms with E-state index in [1.165, 1.54) is 10.9 Å². The zero-order chi connectivity index (χ0) is 18.6. The fraction of sp³-hybridized carbons (Fsp3) is 0.381. The first-order valence-electron chi connectivity index (χ1n) is 9.44. The number of hydrogen-bond donors (Lipinski definition) is 2. The number of nitrogens with zero attached hydrogens (tertiary/aromatic N) is 3. The standard InChI is InChI=1S/C21H25N5O/c1-14(2)25-20-10-21(24-13-23-20)26-19-12-27-11-16(19)9-15-7-8-22-18-6-4-3-5-17(15)18/h3-8,10,13-14,16,19H,9,11-12H2,1-2H3,(H2,23,24,25,26)/t16-,19+/m1/s1. The van der Waals surface area contributed by atoms with E-state index in [2.05, 4.69) is 63.7 Å². The fourth-order valence-electron chi connectivity index (χ4n) is 3.58. The molecular formula is C21H25N5O. The van der Waals surface area contributed by atoms with E-state index in [9.17, 15) is 0 Å². The molecule has 1 aromatic carbocycles. The van der Waals surface area contributed by atoms with Crippen molar-refractivity contribution in [1.29, 1.82) is 0 Å². The molecule has 0 aliphatic carbocycles. The maximum atomic E-state index is 5.78. The molecule has 3 aromatic rings. The molecule has 0 amide bonds. The quantitative estimate of drug-likeness (QED) is 0.698. The maximum Gasteiger partial charge on any atom is 0.131 e. The summed E-state index contributed by atoms with van der Waals surface area (Å²) in [6, 6.07) is 12.9. The molecule has 0 unspecified atom stereocenters. The fourth-order valence-corrected chi connectivity index (χ4v) is 3.58. The molecule has 4 rings (SSSR count). The van der Waals surface area contributed by atoms with Gasteiger partial charge in [0.2, 0.25) is 0 Å². The number of aromatic nitrogens is 3. The molecule has 0 spiro atoms. The highest BCUT2D eigenvalue weighted by molar-refractivity contribution is 5.81. The van der Waals surface area contributed by atoms with Crippen LogP contribution in [-0.4, -0.2) is 40.2 Å². The van der Waals surface area contributed by atoms with Crippen LogP contribution in [0, 0.1) is 5.92 Å². The van der Waals surface area contributed by atoms with Crippen molar-refractivity contribution in [1.82, 2.24) is 15.0 Å². The molecule has 0 radical (unpaired) electrons. The van der Waals surface area contributed by atoms with Crippen molar-refractivity contribution < 1.29 is 4.74 Å². The minimum Gasteiger partial charge on any atom is -0.379 e. The summed E-state index contributed by atoms with van der Waals surface area (Å²) >= 11 is 0. The van der Waals surface area contributed by atoms with Crippen molar-refractivity contribution in [3.63, 3.8) is 0 Å². The van der Waals surface area contributed by atoms with Gasteiger partial charge in [-0.2, -0.15) is 0 Å². The molecule has 1 aliphatic heterocycles. The summed E-state index contributed by atoms with van der Waals surface area (Å²) in [6.45, 7) is 5.62. The summed E-state index contributed by atoms with van der Waals surface area (Å²) in [6.07, 6.45) is 4.43. The Morgan fingerprint density at radius 1 is 1.07 bits per heavy atom. The number of fused-ring (bicyclic) bond motifs is 1. The van der Waals surface area contributed by atoms with Crippen LogP contribution in [0.25, 0.3) is 10.9 Å². The van der Waals surface area contributed by atoms with Gasteiger partial charge in [-0.25, -0.2) is 9.97 Å². The highest BCUT2D eigenvalue weighted by Gasteiger charge is 2.29. The van der Waals surface area contributed by atoms with Gasteiger partial charge in [0.25, 0.3) is 0 Å². The normalized spacial score (nSPS) is 19.5. The smallest absolute Gasteiger partial charge is 0.131 e. The molecule has 2 atom stereocenters. The van der Waals surface area contributed by atoms with E-state index in [-0.39, 0.29) is 6.04 Å². The molecule has 3 heterocycles. The Kier molecular flexibility index (Phi) is 5.16. The van der Waals surface area contributed by atoms with E-state index in [0.29, 0.717) is 18.6 Å². The molecule has 1 aliphatic rings. The summed E-state index contributed by atoms with van der Waals surface area (Å²) in [5, 5.41) is 8.07. The van der Waals surface area contributed by atoms with Gasteiger partial charge in [0, 0.05) is 29.6 Å². The number of para-hydroxylation sites is 1. The Hall–Kier alpha value is -2.73. The Morgan fingerprint density at radius 3 is 2.81 bits per heavy atom. The van der Waals surface area contributed by atoms with Crippen molar-refractivity contribution in [2.24, 2.45) is 5.92 Å². The van der Waals surface area contributed by atoms with E-state index in [1.54, 1.807) is 6.33 Å². The lowest BCUT2D eigenvalue weighted by Gasteiger charge is -2.20. The zero-order valence-electron chi connectivity index (χ0n) is 15.7. The molecule has 0 saturated carbocycles. The van der Waals surface area contributed by atoms with E-state index in [0.717, 1.165) is 30.2 Å². The number of benzene rings is 1. The third kappa shape index (κ3) is 4.17. The monoisotopic (exact) mass is 363 g/mol. The van der Waals surface area contributed by atoms with Crippen LogP contribution in [0.15, 0.2) is 48.9 Å². The number of pyridine rings is 1. The molecular weight excluding hydrogens is 338 g/mol. The largest absolute Gasteiger partial charge is 0.379 e. The average Bonchev–Trinajstić information content (AvgIpc) is 3.08. The zero-order valence-corrected chi connectivity index (χ0v) is 15.7. The first kappa shape index (κ1) is 17.7. The molecule has 6 nitrogen and oxygen atoms in total. The van der Waals surface area contributed by atoms with Crippen molar-refractivity contribution >= 4 is 22.5 Å². The summed E-state index contributed by atoms with van der Waals surface area (Å²) in [4.78, 5) is 13.1. The van der Waals surface area contributed by atoms with Crippen molar-refractivity contribution in [2.75, 3.05) is 23.8 Å². The van der Waals surface area contributed by atoms with E-state index in [4.69, 9.17) is 4.74 Å². The number of nitrogens with one attached hydrogen (secondary N) is 2. The number of ether oxygens (including phenoxy) is 1. The van der Waals surface area contributed by atoms with Crippen LogP contribution < -0.4 is 10.6 Å². The Balaban J connectivity index is 1.49. The minimum absolute atomic E-state index is 0.221. The third-order valence-electron chi connectivity index (χ3n) is 4.86. The summed E-state index contributed by atoms with van der Waals surface area (Å²) in [5.41, 5.74) is 2.35. The second kappa shape index (κ2) is 7.88. The lowest BCUT2D eigenvalue weighted by atomic mass is 9.93. The van der Waals surface area contributed by atoms with Gasteiger partial charge in [-0.15, -0.1) is 0 Å². The highest BCUT2D eigenvalue weighted by Crippen LogP contribution is 2.26. The van der Waals surface area contributed by atoms with Crippen LogP contribution in [0.1, 0.15) is 19.4 Å². The van der Waals surface area contributed by atoms with Gasteiger partial charge in [0.05, 0.1) is 24.8 Å². The summed E-state index contributed by atoms with van der Waals surface area (Å²) in [5.74, 6) is 2.04. The molecule has 6 heteroatoms. The summed E-state index contributed by atoms with van der Waals surface area (Å²) in [7, 11) is 0. The maximum absolute atomic E-state index is 5.78. The van der Waals surface area contributed by atoms with Crippen LogP contribution >= 0.6 is 0 Å². The molecule has 27 heavy (non-hydrogen) atoms. The third-order valence-corrected chi connectivity index (χ3v) is 4.86. The predicted octanol–water partition coefficient (Wildman–Crippen LogP) is 3.51. The van der Waals surface area contributed by atoms with Crippen LogP contribution in [0.5, 0.6) is 0 Å². The number of hydrogen-bond acceptors (Lipinski definition) is 6. The van der Waals surface area contributed by atoms with Gasteiger partial charge in [0.15, 0.2) is 0 Å². The van der Waals surface area contributed by atoms with Crippen LogP contribution in [0.2, 0.25) is 0 Å². The minimum atomic E-state index is 0.221. The van der Waals surface area contributed by atoms with Crippen LogP contribution in [0.4, 0.5) is 11.6 Å². The molecule has 2 N–H and O–H groups in total. The van der Waals surface area contributed by atoms with Crippen LogP contribution in [0.3, 0.4) is 0 Å². The lowest BCUT2D eigenvalue weighted by Crippen LogP contribution is -2.29. The number of rotatable bonds is 6. The Morgan fingerprint density at radius 2 is 1.93 bits per heavy atom. The Bertz CT molecular complexity index is 908. The molecule has 140 valence electrons. The van der Waals surface area contributed by atoms with Crippen LogP contribution in [-0.2, 0) is 11.2 Å². The van der Waals surface area contributed by atoms with Gasteiger partial charge in [-0.05, 0) is 38.0 Å². The van der Waals surface area contributed by atoms with Gasteiger partial charge in [-0.1, -0.05) is 18.2 Å². The second-order valence-electron chi connectivity index (χ2n) is 7.33. The summed E-state index contributed by atoms with van der Waals surface area (Å²) < 4.78 is 5.78. The van der Waals surface area contributed by atoms with Crippen molar-refractivity contribution in [3.8, 4) is 0 Å². The number of anilines is 2. The molecule has 1 fully saturated rings. The van der Waals surface area contributed by atoms with Crippen molar-refractivity contribution in [2.45, 2.75) is 32.4 Å². The first-order valence-corrected chi connectivity index (χ1v) is 9.44.